The monoisotopic (exact) mass is 672 g/mol. The molecule has 1 spiro atoms. The molecule has 1 aromatic carbocycles. The molecule has 0 radical (unpaired) electrons. The summed E-state index contributed by atoms with van der Waals surface area (Å²) in [4.78, 5) is 53.7. The number of likely N-dealkylation sites (tertiary alicyclic amines) is 1. The number of hydrogen-bond acceptors (Lipinski definition) is 12. The molecular formula is C35H48N2O11. The van der Waals surface area contributed by atoms with Crippen LogP contribution in [0.25, 0.3) is 0 Å². The average Bonchev–Trinajstić information content (AvgIpc) is 3.37. The Morgan fingerprint density at radius 1 is 1.19 bits per heavy atom. The molecule has 2 aliphatic heterocycles. The number of piperidine rings is 1. The second-order valence-electron chi connectivity index (χ2n) is 14.1. The van der Waals surface area contributed by atoms with E-state index in [9.17, 15) is 24.3 Å². The van der Waals surface area contributed by atoms with Crippen molar-refractivity contribution in [3.8, 4) is 11.5 Å². The predicted molar refractivity (Wildman–Crippen MR) is 171 cm³/mol. The average molecular weight is 673 g/mol. The number of ether oxygens (including phenoxy) is 6. The third-order valence-electron chi connectivity index (χ3n) is 9.77. The van der Waals surface area contributed by atoms with Crippen molar-refractivity contribution in [3.63, 3.8) is 0 Å². The van der Waals surface area contributed by atoms with Gasteiger partial charge in [-0.3, -0.25) is 4.79 Å². The highest BCUT2D eigenvalue weighted by molar-refractivity contribution is 5.85. The van der Waals surface area contributed by atoms with Crippen LogP contribution in [0.2, 0.25) is 0 Å². The normalized spacial score (nSPS) is 26.5. The van der Waals surface area contributed by atoms with Crippen molar-refractivity contribution in [2.45, 2.75) is 120 Å². The number of carbonyl (C=O) groups is 4. The van der Waals surface area contributed by atoms with Gasteiger partial charge >= 0.3 is 24.0 Å². The van der Waals surface area contributed by atoms with Crippen molar-refractivity contribution in [3.05, 3.63) is 35.1 Å². The van der Waals surface area contributed by atoms with Gasteiger partial charge in [0, 0.05) is 24.4 Å². The first-order valence-electron chi connectivity index (χ1n) is 16.7. The van der Waals surface area contributed by atoms with Crippen LogP contribution in [0.15, 0.2) is 24.0 Å². The van der Waals surface area contributed by atoms with Gasteiger partial charge in [0.25, 0.3) is 0 Å². The topological polar surface area (TPSA) is 159 Å². The van der Waals surface area contributed by atoms with E-state index < -0.39 is 58.9 Å². The van der Waals surface area contributed by atoms with Crippen LogP contribution in [0, 0.1) is 0 Å². The molecule has 1 saturated heterocycles. The molecule has 6 atom stereocenters. The molecule has 0 saturated carbocycles. The molecule has 1 fully saturated rings. The number of alkyl carbamates (subject to hydrolysis) is 1. The smallest absolute Gasteiger partial charge is 0.408 e. The molecule has 2 bridgehead atoms. The summed E-state index contributed by atoms with van der Waals surface area (Å²) in [5, 5.41) is 14.8. The van der Waals surface area contributed by atoms with Gasteiger partial charge in [-0.25, -0.2) is 14.4 Å². The molecule has 1 amide bonds. The lowest BCUT2D eigenvalue weighted by atomic mass is 9.50. The van der Waals surface area contributed by atoms with Gasteiger partial charge in [0.05, 0.1) is 24.7 Å². The van der Waals surface area contributed by atoms with E-state index in [0.29, 0.717) is 37.3 Å². The Morgan fingerprint density at radius 3 is 2.62 bits per heavy atom. The lowest BCUT2D eigenvalue weighted by Crippen LogP contribution is -2.74. The molecule has 4 aliphatic rings. The van der Waals surface area contributed by atoms with E-state index in [1.54, 1.807) is 34.0 Å². The number of esters is 3. The molecule has 13 nitrogen and oxygen atoms in total. The quantitative estimate of drug-likeness (QED) is 0.190. The highest BCUT2D eigenvalue weighted by atomic mass is 16.6. The summed E-state index contributed by atoms with van der Waals surface area (Å²) in [5.41, 5.74) is -0.944. The Bertz CT molecular complexity index is 1470. The lowest BCUT2D eigenvalue weighted by Gasteiger charge is -2.61. The van der Waals surface area contributed by atoms with Gasteiger partial charge in [-0.2, -0.15) is 0 Å². The zero-order chi connectivity index (χ0) is 35.0. The van der Waals surface area contributed by atoms with Gasteiger partial charge < -0.3 is 43.7 Å². The molecule has 2 heterocycles. The first-order valence-corrected chi connectivity index (χ1v) is 16.7. The predicted octanol–water partition coefficient (Wildman–Crippen LogP) is 3.46. The van der Waals surface area contributed by atoms with Crippen LogP contribution in [0.1, 0.15) is 84.3 Å². The van der Waals surface area contributed by atoms with Gasteiger partial charge in [0.15, 0.2) is 23.7 Å². The van der Waals surface area contributed by atoms with Gasteiger partial charge in [-0.15, -0.1) is 0 Å². The Hall–Kier alpha value is -3.84. The van der Waals surface area contributed by atoms with Crippen molar-refractivity contribution in [1.82, 2.24) is 10.2 Å². The summed E-state index contributed by atoms with van der Waals surface area (Å²) >= 11 is 0. The van der Waals surface area contributed by atoms with E-state index in [-0.39, 0.29) is 37.7 Å². The van der Waals surface area contributed by atoms with E-state index in [1.165, 1.54) is 6.92 Å². The number of methoxy groups -OCH3 is 1. The molecule has 1 aromatic rings. The van der Waals surface area contributed by atoms with Gasteiger partial charge in [-0.05, 0) is 84.7 Å². The minimum Gasteiger partial charge on any atom is -0.493 e. The van der Waals surface area contributed by atoms with Crippen LogP contribution in [0.3, 0.4) is 0 Å². The molecule has 2 aliphatic carbocycles. The lowest BCUT2D eigenvalue weighted by molar-refractivity contribution is -0.176. The third-order valence-corrected chi connectivity index (χ3v) is 9.77. The minimum atomic E-state index is -1.39. The Balaban J connectivity index is 1.31. The van der Waals surface area contributed by atoms with E-state index in [1.807, 2.05) is 26.1 Å². The highest BCUT2D eigenvalue weighted by Crippen LogP contribution is 2.65. The zero-order valence-electron chi connectivity index (χ0n) is 28.9. The van der Waals surface area contributed by atoms with Crippen molar-refractivity contribution >= 4 is 24.0 Å². The number of benzene rings is 1. The standard InChI is InChI=1S/C35H48N2O11/c1-8-9-18-44-26(38)13-11-22(36-32(41)48-33(3,4)5)31(40)45-20(2)30(39)46-24-14-15-35(42)25-19-21-10-12-23(43-7)28-27(21)34(35,29(24)47-28)16-17-37(25)6/h10,12,14,20,22,25,29,42H,8-9,11,13,15-19H2,1-7H3,(H,36,41)/t20-,22-,25+,29-,34-,35+/m0/s1. The zero-order valence-corrected chi connectivity index (χ0v) is 28.9. The third kappa shape index (κ3) is 6.46. The van der Waals surface area contributed by atoms with Gasteiger partial charge in [0.1, 0.15) is 17.4 Å². The van der Waals surface area contributed by atoms with Crippen LogP contribution in [0.4, 0.5) is 4.79 Å². The summed E-state index contributed by atoms with van der Waals surface area (Å²) in [6, 6.07) is 2.39. The maximum Gasteiger partial charge on any atom is 0.408 e. The number of aliphatic hydroxyl groups is 1. The summed E-state index contributed by atoms with van der Waals surface area (Å²) in [6.45, 7) is 9.30. The maximum absolute atomic E-state index is 13.5. The molecule has 264 valence electrons. The second-order valence-corrected chi connectivity index (χ2v) is 14.1. The number of nitrogens with one attached hydrogen (secondary N) is 1. The number of nitrogens with zero attached hydrogens (tertiary/aromatic N) is 1. The maximum atomic E-state index is 13.5. The van der Waals surface area contributed by atoms with Crippen molar-refractivity contribution in [2.24, 2.45) is 0 Å². The van der Waals surface area contributed by atoms with Crippen molar-refractivity contribution in [2.75, 3.05) is 27.3 Å². The van der Waals surface area contributed by atoms with Crippen LogP contribution in [-0.4, -0.2) is 96.8 Å². The number of amides is 1. The van der Waals surface area contributed by atoms with E-state index in [2.05, 4.69) is 10.2 Å². The SMILES string of the molecule is CCCCOC(=O)CC[C@H](NC(=O)OC(C)(C)C)C(=O)O[C@@H](C)C(=O)OC1=CC[C@@]2(O)[C@H]3Cc4ccc(OC)c5c4[C@@]2(CCN3C)[C@H]1O5. The Labute approximate surface area is 281 Å². The fraction of sp³-hybridized carbons (Fsp3) is 0.657. The number of hydrogen-bond donors (Lipinski definition) is 2. The minimum absolute atomic E-state index is 0.134. The first kappa shape index (κ1) is 35.5. The molecule has 13 heteroatoms. The molecular weight excluding hydrogens is 624 g/mol. The van der Waals surface area contributed by atoms with Gasteiger partial charge in [0.2, 0.25) is 0 Å². The Kier molecular flexibility index (Phi) is 10.0. The summed E-state index contributed by atoms with van der Waals surface area (Å²) in [6.07, 6.45) is 1.28. The molecule has 5 rings (SSSR count). The van der Waals surface area contributed by atoms with Crippen LogP contribution in [0.5, 0.6) is 11.5 Å². The van der Waals surface area contributed by atoms with E-state index >= 15 is 0 Å². The number of carbonyl (C=O) groups excluding carboxylic acids is 4. The number of likely N-dealkylation sites (N-methyl/N-ethyl adjacent to an activating group) is 1. The summed E-state index contributed by atoms with van der Waals surface area (Å²) in [5.74, 6) is -1.04. The second kappa shape index (κ2) is 13.6. The molecule has 0 unspecified atom stereocenters. The van der Waals surface area contributed by atoms with Crippen LogP contribution in [-0.2, 0) is 45.2 Å². The van der Waals surface area contributed by atoms with Crippen molar-refractivity contribution < 1.29 is 52.7 Å². The first-order chi connectivity index (χ1) is 22.6. The number of rotatable bonds is 12. The largest absolute Gasteiger partial charge is 0.493 e. The summed E-state index contributed by atoms with van der Waals surface area (Å²) < 4.78 is 34.0. The van der Waals surface area contributed by atoms with Crippen molar-refractivity contribution in [1.29, 1.82) is 0 Å². The highest BCUT2D eigenvalue weighted by Gasteiger charge is 2.72. The van der Waals surface area contributed by atoms with E-state index in [0.717, 1.165) is 17.5 Å². The molecule has 0 aromatic heterocycles. The molecule has 48 heavy (non-hydrogen) atoms. The van der Waals surface area contributed by atoms with Crippen LogP contribution < -0.4 is 14.8 Å². The van der Waals surface area contributed by atoms with Gasteiger partial charge in [-0.1, -0.05) is 19.4 Å². The summed E-state index contributed by atoms with van der Waals surface area (Å²) in [7, 11) is 3.56. The Morgan fingerprint density at radius 2 is 1.94 bits per heavy atom. The van der Waals surface area contributed by atoms with Crippen LogP contribution >= 0.6 is 0 Å². The fourth-order valence-electron chi connectivity index (χ4n) is 7.45. The molecule has 2 N–H and O–H groups in total. The fourth-order valence-corrected chi connectivity index (χ4v) is 7.45. The van der Waals surface area contributed by atoms with E-state index in [4.69, 9.17) is 28.4 Å². The number of unbranched alkanes of at least 4 members (excludes halogenated alkanes) is 1.